The van der Waals surface area contributed by atoms with Crippen LogP contribution in [0, 0.1) is 11.3 Å². The minimum atomic E-state index is -3.77. The van der Waals surface area contributed by atoms with Gasteiger partial charge in [-0.2, -0.15) is 5.26 Å². The number of aryl methyl sites for hydroxylation is 1. The number of hydrogen-bond donors (Lipinski definition) is 2. The van der Waals surface area contributed by atoms with Crippen molar-refractivity contribution in [2.75, 3.05) is 11.1 Å². The second-order valence-electron chi connectivity index (χ2n) is 8.13. The fourth-order valence-electron chi connectivity index (χ4n) is 4.04. The summed E-state index contributed by atoms with van der Waals surface area (Å²) in [5, 5.41) is 18.1. The minimum absolute atomic E-state index is 0.0151. The van der Waals surface area contributed by atoms with E-state index in [1.807, 2.05) is 12.1 Å². The number of nitrogens with two attached hydrogens (primary N) is 1. The van der Waals surface area contributed by atoms with E-state index in [1.165, 1.54) is 41.6 Å². The summed E-state index contributed by atoms with van der Waals surface area (Å²) in [6, 6.07) is 20.3. The summed E-state index contributed by atoms with van der Waals surface area (Å²) in [7, 11) is -3.77. The molecule has 9 heteroatoms. The third-order valence-corrected chi connectivity index (χ3v) is 7.70. The van der Waals surface area contributed by atoms with Crippen LogP contribution in [-0.4, -0.2) is 25.1 Å². The second-order valence-corrected chi connectivity index (χ2v) is 10.8. The SMILES string of the molecule is N#Cc1cc2c(nc1SCCC(=O)Nc1ccc(S(N)(=O)=O)cc1)CCC(c1ccccc1)C2. The van der Waals surface area contributed by atoms with Gasteiger partial charge in [0.1, 0.15) is 11.1 Å². The number of benzene rings is 2. The van der Waals surface area contributed by atoms with Crippen LogP contribution in [0.2, 0.25) is 0 Å². The zero-order valence-corrected chi connectivity index (χ0v) is 20.0. The number of anilines is 1. The predicted octanol–water partition coefficient (Wildman–Crippen LogP) is 3.99. The highest BCUT2D eigenvalue weighted by molar-refractivity contribution is 7.99. The zero-order valence-electron chi connectivity index (χ0n) is 18.4. The Kier molecular flexibility index (Phi) is 7.32. The first-order valence-electron chi connectivity index (χ1n) is 10.9. The first kappa shape index (κ1) is 24.0. The number of primary sulfonamides is 1. The molecule has 1 atom stereocenters. The Labute approximate surface area is 203 Å². The van der Waals surface area contributed by atoms with Gasteiger partial charge in [-0.1, -0.05) is 30.3 Å². The molecule has 0 bridgehead atoms. The van der Waals surface area contributed by atoms with Crippen LogP contribution in [0.4, 0.5) is 5.69 Å². The topological polar surface area (TPSA) is 126 Å². The molecule has 0 fully saturated rings. The molecule has 34 heavy (non-hydrogen) atoms. The first-order chi connectivity index (χ1) is 16.3. The molecule has 1 unspecified atom stereocenters. The maximum absolute atomic E-state index is 12.3. The Morgan fingerprint density at radius 3 is 2.59 bits per heavy atom. The molecule has 0 aliphatic heterocycles. The average Bonchev–Trinajstić information content (AvgIpc) is 2.83. The van der Waals surface area contributed by atoms with Gasteiger partial charge in [-0.25, -0.2) is 18.5 Å². The lowest BCUT2D eigenvalue weighted by molar-refractivity contribution is -0.115. The van der Waals surface area contributed by atoms with E-state index in [4.69, 9.17) is 10.1 Å². The van der Waals surface area contributed by atoms with Crippen LogP contribution in [-0.2, 0) is 27.7 Å². The summed E-state index contributed by atoms with van der Waals surface area (Å²) in [5.41, 5.74) is 4.50. The van der Waals surface area contributed by atoms with Gasteiger partial charge in [-0.3, -0.25) is 4.79 Å². The molecule has 3 N–H and O–H groups in total. The van der Waals surface area contributed by atoms with Gasteiger partial charge in [0.05, 0.1) is 10.5 Å². The van der Waals surface area contributed by atoms with Crippen LogP contribution in [0.1, 0.15) is 41.1 Å². The number of sulfonamides is 1. The lowest BCUT2D eigenvalue weighted by atomic mass is 9.82. The number of fused-ring (bicyclic) bond motifs is 1. The van der Waals surface area contributed by atoms with E-state index in [9.17, 15) is 18.5 Å². The highest BCUT2D eigenvalue weighted by Crippen LogP contribution is 2.34. The van der Waals surface area contributed by atoms with Gasteiger partial charge in [0.25, 0.3) is 0 Å². The largest absolute Gasteiger partial charge is 0.326 e. The third-order valence-electron chi connectivity index (χ3n) is 5.78. The van der Waals surface area contributed by atoms with Gasteiger partial charge < -0.3 is 5.32 Å². The maximum atomic E-state index is 12.3. The van der Waals surface area contributed by atoms with Gasteiger partial charge in [0, 0.05) is 23.6 Å². The highest BCUT2D eigenvalue weighted by atomic mass is 32.2. The molecule has 0 radical (unpaired) electrons. The number of amides is 1. The summed E-state index contributed by atoms with van der Waals surface area (Å²) >= 11 is 1.40. The quantitative estimate of drug-likeness (QED) is 0.480. The van der Waals surface area contributed by atoms with Gasteiger partial charge in [-0.05, 0) is 66.6 Å². The molecule has 7 nitrogen and oxygen atoms in total. The van der Waals surface area contributed by atoms with Gasteiger partial charge in [-0.15, -0.1) is 11.8 Å². The number of rotatable bonds is 7. The van der Waals surface area contributed by atoms with E-state index in [0.29, 0.717) is 27.9 Å². The van der Waals surface area contributed by atoms with Crippen LogP contribution in [0.3, 0.4) is 0 Å². The lowest BCUT2D eigenvalue weighted by Gasteiger charge is -2.25. The van der Waals surface area contributed by atoms with Crippen LogP contribution in [0.25, 0.3) is 0 Å². The van der Waals surface area contributed by atoms with Crippen LogP contribution in [0.5, 0.6) is 0 Å². The standard InChI is InChI=1S/C25H24N4O3S2/c26-16-20-15-19-14-18(17-4-2-1-3-5-17)6-11-23(19)29-25(20)33-13-12-24(30)28-21-7-9-22(10-8-21)34(27,31)32/h1-5,7-10,15,18H,6,11-14H2,(H,28,30)(H2,27,31,32). The Balaban J connectivity index is 1.35. The van der Waals surface area contributed by atoms with Crippen molar-refractivity contribution in [2.24, 2.45) is 5.14 Å². The summed E-state index contributed by atoms with van der Waals surface area (Å²) < 4.78 is 22.6. The summed E-state index contributed by atoms with van der Waals surface area (Å²) in [5.74, 6) is 0.690. The molecule has 2 aromatic carbocycles. The number of pyridine rings is 1. The maximum Gasteiger partial charge on any atom is 0.238 e. The molecule has 1 amide bonds. The van der Waals surface area contributed by atoms with Crippen molar-refractivity contribution in [3.05, 3.63) is 83.0 Å². The fraction of sp³-hybridized carbons (Fsp3) is 0.240. The van der Waals surface area contributed by atoms with Crippen LogP contribution < -0.4 is 10.5 Å². The highest BCUT2D eigenvalue weighted by Gasteiger charge is 2.23. The molecule has 174 valence electrons. The number of thioether (sulfide) groups is 1. The Morgan fingerprint density at radius 2 is 1.91 bits per heavy atom. The molecule has 0 saturated carbocycles. The molecule has 1 heterocycles. The Bertz CT molecular complexity index is 1340. The number of carbonyl (C=O) groups is 1. The van der Waals surface area contributed by atoms with E-state index in [1.54, 1.807) is 0 Å². The smallest absolute Gasteiger partial charge is 0.238 e. The molecule has 0 saturated heterocycles. The first-order valence-corrected chi connectivity index (χ1v) is 13.4. The molecular formula is C25H24N4O3S2. The number of nitrogens with one attached hydrogen (secondary N) is 1. The number of carbonyl (C=O) groups excluding carboxylic acids is 1. The van der Waals surface area contributed by atoms with Crippen LogP contribution in [0.15, 0.2) is 70.6 Å². The van der Waals surface area contributed by atoms with E-state index >= 15 is 0 Å². The van der Waals surface area contributed by atoms with Gasteiger partial charge >= 0.3 is 0 Å². The van der Waals surface area contributed by atoms with Crippen molar-refractivity contribution < 1.29 is 13.2 Å². The summed E-state index contributed by atoms with van der Waals surface area (Å²) in [6.07, 6.45) is 2.98. The molecular weight excluding hydrogens is 468 g/mol. The Hall–Kier alpha value is -3.19. The predicted molar refractivity (Wildman–Crippen MR) is 132 cm³/mol. The zero-order chi connectivity index (χ0) is 24.1. The lowest BCUT2D eigenvalue weighted by Crippen LogP contribution is -2.15. The van der Waals surface area contributed by atoms with Gasteiger partial charge in [0.2, 0.25) is 15.9 Å². The number of nitriles is 1. The van der Waals surface area contributed by atoms with Crippen molar-refractivity contribution in [1.82, 2.24) is 4.98 Å². The minimum Gasteiger partial charge on any atom is -0.326 e. The van der Waals surface area contributed by atoms with E-state index in [2.05, 4.69) is 35.7 Å². The average molecular weight is 493 g/mol. The molecule has 1 aromatic heterocycles. The summed E-state index contributed by atoms with van der Waals surface area (Å²) in [4.78, 5) is 17.0. The fourth-order valence-corrected chi connectivity index (χ4v) is 5.47. The second kappa shape index (κ2) is 10.4. The van der Waals surface area contributed by atoms with Crippen molar-refractivity contribution in [3.63, 3.8) is 0 Å². The number of nitrogens with zero attached hydrogens (tertiary/aromatic N) is 2. The van der Waals surface area contributed by atoms with Crippen molar-refractivity contribution in [2.45, 2.75) is 41.5 Å². The molecule has 1 aliphatic carbocycles. The molecule has 1 aliphatic rings. The Morgan fingerprint density at radius 1 is 1.18 bits per heavy atom. The molecule has 0 spiro atoms. The molecule has 3 aromatic rings. The van der Waals surface area contributed by atoms with E-state index < -0.39 is 10.0 Å². The van der Waals surface area contributed by atoms with Crippen molar-refractivity contribution >= 4 is 33.4 Å². The molecule has 4 rings (SSSR count). The summed E-state index contributed by atoms with van der Waals surface area (Å²) in [6.45, 7) is 0. The van der Waals surface area contributed by atoms with Crippen molar-refractivity contribution in [1.29, 1.82) is 5.26 Å². The number of hydrogen-bond acceptors (Lipinski definition) is 6. The van der Waals surface area contributed by atoms with E-state index in [-0.39, 0.29) is 17.2 Å². The van der Waals surface area contributed by atoms with Crippen LogP contribution >= 0.6 is 11.8 Å². The van der Waals surface area contributed by atoms with E-state index in [0.717, 1.165) is 30.5 Å². The number of aromatic nitrogens is 1. The van der Waals surface area contributed by atoms with Crippen molar-refractivity contribution in [3.8, 4) is 6.07 Å². The third kappa shape index (κ3) is 5.83. The monoisotopic (exact) mass is 492 g/mol. The van der Waals surface area contributed by atoms with Gasteiger partial charge in [0.15, 0.2) is 0 Å². The normalized spacial score (nSPS) is 15.2.